The zero-order chi connectivity index (χ0) is 21.9. The summed E-state index contributed by atoms with van der Waals surface area (Å²) < 4.78 is 5.96. The largest absolute Gasteiger partial charge is 0.490 e. The Morgan fingerprint density at radius 3 is 2.57 bits per heavy atom. The van der Waals surface area contributed by atoms with E-state index in [1.54, 1.807) is 29.2 Å². The second-order valence-electron chi connectivity index (χ2n) is 8.60. The van der Waals surface area contributed by atoms with Crippen molar-refractivity contribution in [3.8, 4) is 5.75 Å². The van der Waals surface area contributed by atoms with Crippen molar-refractivity contribution in [3.05, 3.63) is 53.1 Å². The van der Waals surface area contributed by atoms with Crippen LogP contribution in [0.1, 0.15) is 33.3 Å². The predicted octanol–water partition coefficient (Wildman–Crippen LogP) is 5.07. The van der Waals surface area contributed by atoms with E-state index in [-0.39, 0.29) is 18.5 Å². The molecule has 1 aliphatic rings. The number of benzene rings is 2. The Morgan fingerprint density at radius 1 is 1.20 bits per heavy atom. The quantitative estimate of drug-likeness (QED) is 0.697. The van der Waals surface area contributed by atoms with E-state index in [1.165, 1.54) is 0 Å². The number of hydrogen-bond donors (Lipinski definition) is 2. The molecule has 3 rings (SSSR count). The van der Waals surface area contributed by atoms with Gasteiger partial charge in [-0.05, 0) is 49.6 Å². The van der Waals surface area contributed by atoms with Gasteiger partial charge < -0.3 is 20.3 Å². The van der Waals surface area contributed by atoms with Gasteiger partial charge >= 0.3 is 6.03 Å². The molecular weight excluding hydrogens is 402 g/mol. The average Bonchev–Trinajstić information content (AvgIpc) is 2.77. The summed E-state index contributed by atoms with van der Waals surface area (Å²) in [6, 6.07) is 12.3. The smallest absolute Gasteiger partial charge is 0.319 e. The first-order valence-electron chi connectivity index (χ1n) is 10.0. The van der Waals surface area contributed by atoms with E-state index in [4.69, 9.17) is 16.3 Å². The fourth-order valence-corrected chi connectivity index (χ4v) is 3.36. The SMILES string of the molecule is CC(C)CN1C(=O)C(C)(C)COc2cc(NC(=O)NCc3ccc(Cl)cc3)ccc21. The van der Waals surface area contributed by atoms with Gasteiger partial charge in [0.25, 0.3) is 0 Å². The molecular formula is C23H28ClN3O3. The summed E-state index contributed by atoms with van der Waals surface area (Å²) in [6.07, 6.45) is 0. The molecule has 1 aliphatic heterocycles. The number of amides is 3. The van der Waals surface area contributed by atoms with Crippen LogP contribution in [0.25, 0.3) is 0 Å². The predicted molar refractivity (Wildman–Crippen MR) is 120 cm³/mol. The molecule has 0 radical (unpaired) electrons. The van der Waals surface area contributed by atoms with Crippen molar-refractivity contribution >= 4 is 34.9 Å². The Kier molecular flexibility index (Phi) is 6.56. The molecule has 0 saturated carbocycles. The number of anilines is 2. The monoisotopic (exact) mass is 429 g/mol. The number of carbonyl (C=O) groups excluding carboxylic acids is 2. The van der Waals surface area contributed by atoms with Gasteiger partial charge in [0.15, 0.2) is 0 Å². The summed E-state index contributed by atoms with van der Waals surface area (Å²) in [7, 11) is 0. The van der Waals surface area contributed by atoms with Crippen molar-refractivity contribution in [2.75, 3.05) is 23.4 Å². The normalized spacial score (nSPS) is 15.3. The number of carbonyl (C=O) groups is 2. The highest BCUT2D eigenvalue weighted by atomic mass is 35.5. The lowest BCUT2D eigenvalue weighted by Crippen LogP contribution is -2.43. The second-order valence-corrected chi connectivity index (χ2v) is 9.04. The minimum absolute atomic E-state index is 0.0383. The first-order chi connectivity index (χ1) is 14.2. The number of fused-ring (bicyclic) bond motifs is 1. The maximum Gasteiger partial charge on any atom is 0.319 e. The molecule has 2 aromatic rings. The number of urea groups is 1. The van der Waals surface area contributed by atoms with E-state index in [0.29, 0.717) is 35.5 Å². The van der Waals surface area contributed by atoms with Crippen molar-refractivity contribution in [2.24, 2.45) is 11.3 Å². The van der Waals surface area contributed by atoms with E-state index in [9.17, 15) is 9.59 Å². The minimum Gasteiger partial charge on any atom is -0.490 e. The molecule has 6 nitrogen and oxygen atoms in total. The molecule has 2 aromatic carbocycles. The van der Waals surface area contributed by atoms with Gasteiger partial charge in [0.1, 0.15) is 12.4 Å². The fourth-order valence-electron chi connectivity index (χ4n) is 3.23. The zero-order valence-electron chi connectivity index (χ0n) is 17.8. The summed E-state index contributed by atoms with van der Waals surface area (Å²) in [5.41, 5.74) is 1.65. The highest BCUT2D eigenvalue weighted by molar-refractivity contribution is 6.30. The molecule has 30 heavy (non-hydrogen) atoms. The van der Waals surface area contributed by atoms with Crippen LogP contribution in [0.2, 0.25) is 5.02 Å². The number of rotatable bonds is 5. The minimum atomic E-state index is -0.628. The van der Waals surface area contributed by atoms with Crippen LogP contribution in [0.5, 0.6) is 5.75 Å². The molecule has 160 valence electrons. The molecule has 3 amide bonds. The lowest BCUT2D eigenvalue weighted by Gasteiger charge is -2.29. The number of nitrogens with one attached hydrogen (secondary N) is 2. The lowest BCUT2D eigenvalue weighted by atomic mass is 9.92. The van der Waals surface area contributed by atoms with Gasteiger partial charge in [-0.2, -0.15) is 0 Å². The lowest BCUT2D eigenvalue weighted by molar-refractivity contribution is -0.127. The Morgan fingerprint density at radius 2 is 1.90 bits per heavy atom. The molecule has 1 heterocycles. The second kappa shape index (κ2) is 8.96. The van der Waals surface area contributed by atoms with Gasteiger partial charge in [0.2, 0.25) is 5.91 Å². The third-order valence-corrected chi connectivity index (χ3v) is 5.09. The van der Waals surface area contributed by atoms with Crippen LogP contribution in [0.3, 0.4) is 0 Å². The topological polar surface area (TPSA) is 70.7 Å². The number of hydrogen-bond acceptors (Lipinski definition) is 3. The van der Waals surface area contributed by atoms with Gasteiger partial charge in [-0.3, -0.25) is 4.79 Å². The van der Waals surface area contributed by atoms with E-state index < -0.39 is 5.41 Å². The maximum absolute atomic E-state index is 13.0. The molecule has 0 aliphatic carbocycles. The van der Waals surface area contributed by atoms with E-state index in [1.807, 2.05) is 32.0 Å². The molecule has 0 unspecified atom stereocenters. The third kappa shape index (κ3) is 5.25. The molecule has 0 atom stereocenters. The van der Waals surface area contributed by atoms with Crippen LogP contribution < -0.4 is 20.3 Å². The van der Waals surface area contributed by atoms with Crippen LogP contribution >= 0.6 is 11.6 Å². The highest BCUT2D eigenvalue weighted by Gasteiger charge is 2.38. The Labute approximate surface area is 182 Å². The van der Waals surface area contributed by atoms with Crippen LogP contribution in [0.4, 0.5) is 16.2 Å². The third-order valence-electron chi connectivity index (χ3n) is 4.84. The van der Waals surface area contributed by atoms with Crippen molar-refractivity contribution in [3.63, 3.8) is 0 Å². The highest BCUT2D eigenvalue weighted by Crippen LogP contribution is 2.38. The van der Waals surface area contributed by atoms with Crippen LogP contribution in [0.15, 0.2) is 42.5 Å². The molecule has 2 N–H and O–H groups in total. The van der Waals surface area contributed by atoms with E-state index in [0.717, 1.165) is 11.3 Å². The molecule has 0 bridgehead atoms. The molecule has 0 spiro atoms. The maximum atomic E-state index is 13.0. The molecule has 7 heteroatoms. The number of nitrogens with zero attached hydrogens (tertiary/aromatic N) is 1. The summed E-state index contributed by atoms with van der Waals surface area (Å²) in [5, 5.41) is 6.29. The summed E-state index contributed by atoms with van der Waals surface area (Å²) in [6.45, 7) is 9.19. The van der Waals surface area contributed by atoms with Gasteiger partial charge in [-0.15, -0.1) is 0 Å². The first kappa shape index (κ1) is 22.0. The molecule has 0 fully saturated rings. The summed E-state index contributed by atoms with van der Waals surface area (Å²) in [5.74, 6) is 0.939. The van der Waals surface area contributed by atoms with Crippen molar-refractivity contribution in [1.82, 2.24) is 5.32 Å². The first-order valence-corrected chi connectivity index (χ1v) is 10.4. The Bertz CT molecular complexity index is 926. The molecule has 0 aromatic heterocycles. The van der Waals surface area contributed by atoms with Gasteiger partial charge in [0.05, 0.1) is 11.1 Å². The van der Waals surface area contributed by atoms with E-state index >= 15 is 0 Å². The molecule has 0 saturated heterocycles. The number of halogens is 1. The van der Waals surface area contributed by atoms with E-state index in [2.05, 4.69) is 24.5 Å². The summed E-state index contributed by atoms with van der Waals surface area (Å²) in [4.78, 5) is 27.1. The standard InChI is InChI=1S/C23H28ClN3O3/c1-15(2)13-27-19-10-9-18(11-20(19)30-14-23(3,4)21(27)28)26-22(29)25-12-16-5-7-17(24)8-6-16/h5-11,15H,12-14H2,1-4H3,(H2,25,26,29). The fraction of sp³-hybridized carbons (Fsp3) is 0.391. The van der Waals surface area contributed by atoms with Gasteiger partial charge in [-0.25, -0.2) is 4.79 Å². The zero-order valence-corrected chi connectivity index (χ0v) is 18.5. The van der Waals surface area contributed by atoms with Gasteiger partial charge in [0, 0.05) is 29.9 Å². The Hall–Kier alpha value is -2.73. The van der Waals surface area contributed by atoms with Crippen molar-refractivity contribution in [1.29, 1.82) is 0 Å². The van der Waals surface area contributed by atoms with Crippen molar-refractivity contribution < 1.29 is 14.3 Å². The van der Waals surface area contributed by atoms with Gasteiger partial charge in [-0.1, -0.05) is 37.6 Å². The van der Waals surface area contributed by atoms with Crippen LogP contribution in [-0.4, -0.2) is 25.1 Å². The van der Waals surface area contributed by atoms with Crippen LogP contribution in [0, 0.1) is 11.3 Å². The summed E-state index contributed by atoms with van der Waals surface area (Å²) >= 11 is 5.88. The van der Waals surface area contributed by atoms with Crippen LogP contribution in [-0.2, 0) is 11.3 Å². The Balaban J connectivity index is 1.73. The number of ether oxygens (including phenoxy) is 1. The van der Waals surface area contributed by atoms with Crippen molar-refractivity contribution in [2.45, 2.75) is 34.2 Å². The average molecular weight is 430 g/mol.